The molecule has 1 fully saturated rings. The van der Waals surface area contributed by atoms with Crippen molar-refractivity contribution in [3.8, 4) is 0 Å². The minimum atomic E-state index is -1.01. The Kier molecular flexibility index (Phi) is 7.23. The molecular weight excluding hydrogens is 453 g/mol. The molecule has 1 saturated carbocycles. The van der Waals surface area contributed by atoms with Gasteiger partial charge in [-0.05, 0) is 30.5 Å². The number of aliphatic hydroxyl groups is 3. The highest BCUT2D eigenvalue weighted by atomic mass is 35.5. The molecule has 3 aromatic rings. The summed E-state index contributed by atoms with van der Waals surface area (Å²) in [5.41, 5.74) is 1.67. The fourth-order valence-corrected chi connectivity index (χ4v) is 3.40. The van der Waals surface area contributed by atoms with E-state index in [4.69, 9.17) is 16.7 Å². The molecule has 4 rings (SSSR count). The van der Waals surface area contributed by atoms with Gasteiger partial charge in [0.1, 0.15) is 10.8 Å². The van der Waals surface area contributed by atoms with Gasteiger partial charge in [-0.25, -0.2) is 4.39 Å². The molecule has 0 spiro atoms. The van der Waals surface area contributed by atoms with Crippen molar-refractivity contribution < 1.29 is 19.7 Å². The topological polar surface area (TPSA) is 151 Å². The Labute approximate surface area is 194 Å². The van der Waals surface area contributed by atoms with Crippen molar-refractivity contribution in [1.29, 1.82) is 0 Å². The first-order valence-electron chi connectivity index (χ1n) is 10.5. The van der Waals surface area contributed by atoms with Gasteiger partial charge < -0.3 is 31.3 Å². The Hall–Kier alpha value is -2.99. The normalized spacial score (nSPS) is 15.2. The van der Waals surface area contributed by atoms with Crippen molar-refractivity contribution in [2.45, 2.75) is 30.9 Å². The molecule has 7 N–H and O–H groups in total. The van der Waals surface area contributed by atoms with Crippen LogP contribution in [0.3, 0.4) is 0 Å². The highest BCUT2D eigenvalue weighted by Crippen LogP contribution is 2.40. The van der Waals surface area contributed by atoms with Crippen molar-refractivity contribution in [1.82, 2.24) is 20.2 Å². The molecule has 10 nitrogen and oxygen atoms in total. The fourth-order valence-electron chi connectivity index (χ4n) is 3.20. The maximum atomic E-state index is 13.3. The summed E-state index contributed by atoms with van der Waals surface area (Å²) >= 11 is 6.49. The van der Waals surface area contributed by atoms with E-state index in [9.17, 15) is 14.6 Å². The average molecular weight is 478 g/mol. The van der Waals surface area contributed by atoms with Gasteiger partial charge in [0.2, 0.25) is 5.95 Å². The predicted molar refractivity (Wildman–Crippen MR) is 122 cm³/mol. The van der Waals surface area contributed by atoms with E-state index < -0.39 is 18.8 Å². The molecule has 1 aliphatic carbocycles. The zero-order valence-corrected chi connectivity index (χ0v) is 18.3. The predicted octanol–water partition coefficient (Wildman–Crippen LogP) is 2.52. The first kappa shape index (κ1) is 23.2. The molecule has 2 atom stereocenters. The molecule has 1 aromatic carbocycles. The third-order valence-corrected chi connectivity index (χ3v) is 5.54. The lowest BCUT2D eigenvalue weighted by Crippen LogP contribution is -2.24. The second-order valence-electron chi connectivity index (χ2n) is 7.81. The number of aromatic amines is 1. The van der Waals surface area contributed by atoms with Crippen molar-refractivity contribution in [2.75, 3.05) is 35.7 Å². The molecule has 0 saturated heterocycles. The highest BCUT2D eigenvalue weighted by Gasteiger charge is 2.26. The van der Waals surface area contributed by atoms with Gasteiger partial charge in [0, 0.05) is 24.2 Å². The molecule has 0 radical (unpaired) electrons. The number of halogens is 2. The van der Waals surface area contributed by atoms with Crippen LogP contribution in [-0.4, -0.2) is 61.3 Å². The summed E-state index contributed by atoms with van der Waals surface area (Å²) < 4.78 is 13.3. The number of hydrogen-bond acceptors (Lipinski definition) is 9. The summed E-state index contributed by atoms with van der Waals surface area (Å²) in [7, 11) is 0. The molecular formula is C21H25ClFN7O3. The van der Waals surface area contributed by atoms with Gasteiger partial charge in [0.15, 0.2) is 17.5 Å². The Morgan fingerprint density at radius 2 is 1.85 bits per heavy atom. The maximum absolute atomic E-state index is 13.3. The molecule has 1 aliphatic rings. The van der Waals surface area contributed by atoms with E-state index in [0.29, 0.717) is 17.3 Å². The maximum Gasteiger partial charge on any atom is 0.227 e. The van der Waals surface area contributed by atoms with Gasteiger partial charge in [0.25, 0.3) is 0 Å². The van der Waals surface area contributed by atoms with E-state index >= 15 is 0 Å². The first-order valence-corrected chi connectivity index (χ1v) is 10.9. The number of benzene rings is 1. The monoisotopic (exact) mass is 477 g/mol. The van der Waals surface area contributed by atoms with Crippen LogP contribution in [0, 0.1) is 5.82 Å². The second kappa shape index (κ2) is 10.3. The van der Waals surface area contributed by atoms with Gasteiger partial charge in [-0.3, -0.25) is 5.10 Å². The average Bonchev–Trinajstić information content (AvgIpc) is 3.57. The molecule has 0 bridgehead atoms. The molecule has 2 aromatic heterocycles. The number of anilines is 4. The summed E-state index contributed by atoms with van der Waals surface area (Å²) in [6.07, 6.45) is 1.23. The van der Waals surface area contributed by atoms with Crippen LogP contribution in [0.2, 0.25) is 5.02 Å². The van der Waals surface area contributed by atoms with Gasteiger partial charge in [0.05, 0.1) is 25.4 Å². The molecule has 1 unspecified atom stereocenters. The summed E-state index contributed by atoms with van der Waals surface area (Å²) in [5, 5.41) is 45.0. The SMILES string of the molecule is OCC(O)CNc1nc(N[C@@H](CO)c2ccc(F)cc2)nc(Nc2cc(C3CC3)[nH]n2)c1Cl. The van der Waals surface area contributed by atoms with E-state index in [1.54, 1.807) is 12.1 Å². The molecule has 0 amide bonds. The lowest BCUT2D eigenvalue weighted by molar-refractivity contribution is 0.105. The number of hydrogen-bond donors (Lipinski definition) is 7. The van der Waals surface area contributed by atoms with Crippen LogP contribution in [0.5, 0.6) is 0 Å². The van der Waals surface area contributed by atoms with E-state index in [0.717, 1.165) is 18.5 Å². The summed E-state index contributed by atoms with van der Waals surface area (Å²) in [4.78, 5) is 8.76. The smallest absolute Gasteiger partial charge is 0.227 e. The van der Waals surface area contributed by atoms with Crippen LogP contribution in [0.4, 0.5) is 27.8 Å². The van der Waals surface area contributed by atoms with Gasteiger partial charge in [-0.1, -0.05) is 23.7 Å². The third-order valence-electron chi connectivity index (χ3n) is 5.19. The lowest BCUT2D eigenvalue weighted by Gasteiger charge is -2.19. The third kappa shape index (κ3) is 5.88. The van der Waals surface area contributed by atoms with E-state index in [-0.39, 0.29) is 41.6 Å². The van der Waals surface area contributed by atoms with Crippen molar-refractivity contribution in [2.24, 2.45) is 0 Å². The summed E-state index contributed by atoms with van der Waals surface area (Å²) in [5.74, 6) is 1.22. The fraction of sp³-hybridized carbons (Fsp3) is 0.381. The van der Waals surface area contributed by atoms with Gasteiger partial charge in [-0.15, -0.1) is 0 Å². The van der Waals surface area contributed by atoms with Crippen LogP contribution >= 0.6 is 11.6 Å². The Morgan fingerprint density at radius 3 is 2.52 bits per heavy atom. The van der Waals surface area contributed by atoms with E-state index in [1.165, 1.54) is 12.1 Å². The number of nitrogens with one attached hydrogen (secondary N) is 4. The first-order chi connectivity index (χ1) is 16.0. The van der Waals surface area contributed by atoms with Gasteiger partial charge >= 0.3 is 0 Å². The van der Waals surface area contributed by atoms with Crippen LogP contribution < -0.4 is 16.0 Å². The molecule has 12 heteroatoms. The zero-order valence-electron chi connectivity index (χ0n) is 17.6. The number of aromatic nitrogens is 4. The number of rotatable bonds is 11. The van der Waals surface area contributed by atoms with E-state index in [2.05, 4.69) is 36.1 Å². The molecule has 0 aliphatic heterocycles. The van der Waals surface area contributed by atoms with Crippen LogP contribution in [-0.2, 0) is 0 Å². The van der Waals surface area contributed by atoms with E-state index in [1.807, 2.05) is 6.07 Å². The van der Waals surface area contributed by atoms with Crippen molar-refractivity contribution in [3.63, 3.8) is 0 Å². The van der Waals surface area contributed by atoms with Gasteiger partial charge in [-0.2, -0.15) is 15.1 Å². The summed E-state index contributed by atoms with van der Waals surface area (Å²) in [6.45, 7) is -0.724. The number of aliphatic hydroxyl groups excluding tert-OH is 3. The van der Waals surface area contributed by atoms with Crippen molar-refractivity contribution in [3.05, 3.63) is 52.4 Å². The van der Waals surface area contributed by atoms with Crippen LogP contribution in [0.25, 0.3) is 0 Å². The second-order valence-corrected chi connectivity index (χ2v) is 8.19. The minimum absolute atomic E-state index is 0.00172. The molecule has 2 heterocycles. The highest BCUT2D eigenvalue weighted by molar-refractivity contribution is 6.35. The Balaban J connectivity index is 1.60. The lowest BCUT2D eigenvalue weighted by atomic mass is 10.1. The quantitative estimate of drug-likeness (QED) is 0.221. The standard InChI is InChI=1S/C21H25ClFN7O3/c22-18-19(24-8-14(33)9-31)27-21(25-16(10-32)12-3-5-13(23)6-4-12)28-20(18)26-17-7-15(29-30-17)11-1-2-11/h3-7,11,14,16,31-33H,1-2,8-10H2,(H4,24,25,26,27,28,29,30)/t14?,16-/m0/s1. The number of nitrogens with zero attached hydrogens (tertiary/aromatic N) is 3. The van der Waals surface area contributed by atoms with Crippen molar-refractivity contribution >= 4 is 35.0 Å². The minimum Gasteiger partial charge on any atom is -0.394 e. The Morgan fingerprint density at radius 1 is 1.12 bits per heavy atom. The van der Waals surface area contributed by atoms with Crippen LogP contribution in [0.15, 0.2) is 30.3 Å². The summed E-state index contributed by atoms with van der Waals surface area (Å²) in [6, 6.07) is 6.99. The largest absolute Gasteiger partial charge is 0.394 e. The molecule has 176 valence electrons. The number of H-pyrrole nitrogens is 1. The Bertz CT molecular complexity index is 1080. The van der Waals surface area contributed by atoms with Crippen LogP contribution in [0.1, 0.15) is 36.1 Å². The molecule has 33 heavy (non-hydrogen) atoms. The zero-order chi connectivity index (χ0) is 23.4.